The molecule has 0 bridgehead atoms. The highest BCUT2D eigenvalue weighted by Gasteiger charge is 2.31. The second-order valence-corrected chi connectivity index (χ2v) is 7.59. The van der Waals surface area contributed by atoms with Gasteiger partial charge in [-0.15, -0.1) is 0 Å². The quantitative estimate of drug-likeness (QED) is 0.531. The highest BCUT2D eigenvalue weighted by Crippen LogP contribution is 2.28. The highest BCUT2D eigenvalue weighted by atomic mass is 16.5. The van der Waals surface area contributed by atoms with Gasteiger partial charge in [0.25, 0.3) is 0 Å². The first-order chi connectivity index (χ1) is 15.1. The van der Waals surface area contributed by atoms with Crippen molar-refractivity contribution >= 4 is 28.8 Å². The maximum Gasteiger partial charge on any atom is 0.342 e. The number of hydrogen-bond donors (Lipinski definition) is 0. The predicted octanol–water partition coefficient (Wildman–Crippen LogP) is 1.11. The fourth-order valence-electron chi connectivity index (χ4n) is 3.98. The molecule has 0 radical (unpaired) electrons. The smallest absolute Gasteiger partial charge is 0.342 e. The number of piperazine rings is 1. The van der Waals surface area contributed by atoms with Crippen LogP contribution in [0.15, 0.2) is 28.7 Å². The molecule has 1 aromatic heterocycles. The number of amides is 2. The van der Waals surface area contributed by atoms with Crippen LogP contribution in [0.2, 0.25) is 0 Å². The van der Waals surface area contributed by atoms with E-state index >= 15 is 0 Å². The molecule has 2 aliphatic heterocycles. The van der Waals surface area contributed by atoms with Gasteiger partial charge in [-0.2, -0.15) is 0 Å². The molecule has 2 saturated heterocycles. The number of carbonyl (C=O) groups excluding carboxylic acids is 3. The second-order valence-electron chi connectivity index (χ2n) is 7.59. The van der Waals surface area contributed by atoms with Gasteiger partial charge in [-0.25, -0.2) is 4.79 Å². The molecular formula is C22H27N3O6. The molecule has 2 aliphatic rings. The average Bonchev–Trinajstić information content (AvgIpc) is 3.17. The van der Waals surface area contributed by atoms with E-state index in [2.05, 4.69) is 4.90 Å². The first-order valence-corrected chi connectivity index (χ1v) is 10.6. The van der Waals surface area contributed by atoms with Gasteiger partial charge in [-0.05, 0) is 13.0 Å². The zero-order valence-corrected chi connectivity index (χ0v) is 17.7. The van der Waals surface area contributed by atoms with E-state index in [0.717, 1.165) is 5.39 Å². The summed E-state index contributed by atoms with van der Waals surface area (Å²) in [6.45, 7) is 6.39. The molecule has 0 atom stereocenters. The molecule has 166 valence electrons. The van der Waals surface area contributed by atoms with Crippen LogP contribution in [0.4, 0.5) is 0 Å². The van der Waals surface area contributed by atoms with Crippen molar-refractivity contribution in [2.45, 2.75) is 13.5 Å². The van der Waals surface area contributed by atoms with Crippen LogP contribution in [-0.2, 0) is 25.6 Å². The van der Waals surface area contributed by atoms with E-state index in [0.29, 0.717) is 75.9 Å². The van der Waals surface area contributed by atoms with Gasteiger partial charge >= 0.3 is 17.8 Å². The Morgan fingerprint density at radius 2 is 1.58 bits per heavy atom. The first-order valence-electron chi connectivity index (χ1n) is 10.6. The minimum absolute atomic E-state index is 0.287. The Labute approximate surface area is 180 Å². The molecule has 1 aromatic carbocycles. The van der Waals surface area contributed by atoms with Crippen LogP contribution in [-0.4, -0.2) is 91.6 Å². The number of benzene rings is 1. The van der Waals surface area contributed by atoms with Crippen LogP contribution in [0.3, 0.4) is 0 Å². The number of esters is 1. The van der Waals surface area contributed by atoms with E-state index in [-0.39, 0.29) is 6.61 Å². The number of ether oxygens (including phenoxy) is 2. The van der Waals surface area contributed by atoms with Crippen molar-refractivity contribution in [2.24, 2.45) is 0 Å². The number of hydrogen-bond acceptors (Lipinski definition) is 7. The summed E-state index contributed by atoms with van der Waals surface area (Å²) in [5.41, 5.74) is 1.10. The number of nitrogens with zero attached hydrogens (tertiary/aromatic N) is 3. The number of furan rings is 1. The van der Waals surface area contributed by atoms with Gasteiger partial charge in [0.1, 0.15) is 16.9 Å². The molecule has 0 unspecified atom stereocenters. The minimum Gasteiger partial charge on any atom is -0.462 e. The Bertz CT molecular complexity index is 957. The zero-order valence-electron chi connectivity index (χ0n) is 17.7. The minimum atomic E-state index is -0.461. The average molecular weight is 429 g/mol. The number of fused-ring (bicyclic) bond motifs is 1. The van der Waals surface area contributed by atoms with Crippen LogP contribution in [0.5, 0.6) is 0 Å². The van der Waals surface area contributed by atoms with Crippen molar-refractivity contribution in [1.82, 2.24) is 14.7 Å². The molecule has 2 fully saturated rings. The summed E-state index contributed by atoms with van der Waals surface area (Å²) in [5, 5.41) is 0.737. The number of para-hydroxylation sites is 1. The third-order valence-corrected chi connectivity index (χ3v) is 5.66. The lowest BCUT2D eigenvalue weighted by Gasteiger charge is -2.35. The molecule has 31 heavy (non-hydrogen) atoms. The van der Waals surface area contributed by atoms with Gasteiger partial charge < -0.3 is 23.7 Å². The van der Waals surface area contributed by atoms with Gasteiger partial charge in [-0.1, -0.05) is 18.2 Å². The van der Waals surface area contributed by atoms with Crippen LogP contribution in [0.25, 0.3) is 11.0 Å². The summed E-state index contributed by atoms with van der Waals surface area (Å²) in [4.78, 5) is 42.8. The Kier molecular flexibility index (Phi) is 6.53. The topological polar surface area (TPSA) is 92.5 Å². The molecule has 9 nitrogen and oxygen atoms in total. The molecule has 3 heterocycles. The molecule has 4 rings (SSSR count). The Hall–Kier alpha value is -2.91. The van der Waals surface area contributed by atoms with Crippen molar-refractivity contribution in [3.63, 3.8) is 0 Å². The summed E-state index contributed by atoms with van der Waals surface area (Å²) in [6, 6.07) is 7.40. The van der Waals surface area contributed by atoms with E-state index in [4.69, 9.17) is 13.9 Å². The largest absolute Gasteiger partial charge is 0.462 e. The number of morpholine rings is 1. The third kappa shape index (κ3) is 4.57. The summed E-state index contributed by atoms with van der Waals surface area (Å²) in [6.07, 6.45) is 0. The monoisotopic (exact) mass is 429 g/mol. The van der Waals surface area contributed by atoms with Gasteiger partial charge in [0.15, 0.2) is 0 Å². The van der Waals surface area contributed by atoms with Crippen LogP contribution in [0, 0.1) is 0 Å². The zero-order chi connectivity index (χ0) is 21.8. The summed E-state index contributed by atoms with van der Waals surface area (Å²) >= 11 is 0. The molecular weight excluding hydrogens is 402 g/mol. The van der Waals surface area contributed by atoms with E-state index < -0.39 is 17.8 Å². The van der Waals surface area contributed by atoms with Gasteiger partial charge in [-0.3, -0.25) is 14.5 Å². The lowest BCUT2D eigenvalue weighted by molar-refractivity contribution is -0.155. The SMILES string of the molecule is CCOC(=O)c1c(CN2CCN(C(=O)C(=O)N3CCOCC3)CC2)oc2ccccc12. The lowest BCUT2D eigenvalue weighted by Crippen LogP contribution is -2.54. The number of rotatable bonds is 4. The van der Waals surface area contributed by atoms with Crippen LogP contribution >= 0.6 is 0 Å². The van der Waals surface area contributed by atoms with Crippen molar-refractivity contribution in [3.05, 3.63) is 35.6 Å². The highest BCUT2D eigenvalue weighted by molar-refractivity contribution is 6.34. The van der Waals surface area contributed by atoms with Crippen LogP contribution < -0.4 is 0 Å². The van der Waals surface area contributed by atoms with Gasteiger partial charge in [0, 0.05) is 44.7 Å². The first kappa shape index (κ1) is 21.3. The fraction of sp³-hybridized carbons (Fsp3) is 0.500. The van der Waals surface area contributed by atoms with Crippen molar-refractivity contribution in [2.75, 3.05) is 59.1 Å². The fourth-order valence-corrected chi connectivity index (χ4v) is 3.98. The maximum absolute atomic E-state index is 12.6. The summed E-state index contributed by atoms with van der Waals surface area (Å²) < 4.78 is 16.4. The normalized spacial score (nSPS) is 17.7. The molecule has 0 saturated carbocycles. The number of carbonyl (C=O) groups is 3. The van der Waals surface area contributed by atoms with Crippen molar-refractivity contribution < 1.29 is 28.3 Å². The molecule has 2 aromatic rings. The maximum atomic E-state index is 12.6. The molecule has 0 aliphatic carbocycles. The molecule has 9 heteroatoms. The Balaban J connectivity index is 1.40. The molecule has 0 spiro atoms. The molecule has 0 N–H and O–H groups in total. The van der Waals surface area contributed by atoms with E-state index in [1.807, 2.05) is 24.3 Å². The standard InChI is InChI=1S/C22H27N3O6/c1-2-30-22(28)19-16-5-3-4-6-17(16)31-18(19)15-23-7-9-24(10-8-23)20(26)21(27)25-11-13-29-14-12-25/h3-6H,2,7-15H2,1H3. The third-order valence-electron chi connectivity index (χ3n) is 5.66. The van der Waals surface area contributed by atoms with E-state index in [1.54, 1.807) is 16.7 Å². The Morgan fingerprint density at radius 1 is 0.935 bits per heavy atom. The predicted molar refractivity (Wildman–Crippen MR) is 111 cm³/mol. The van der Waals surface area contributed by atoms with Gasteiger partial charge in [0.2, 0.25) is 0 Å². The Morgan fingerprint density at radius 3 is 2.26 bits per heavy atom. The summed E-state index contributed by atoms with van der Waals surface area (Å²) in [5.74, 6) is -0.757. The summed E-state index contributed by atoms with van der Waals surface area (Å²) in [7, 11) is 0. The van der Waals surface area contributed by atoms with E-state index in [9.17, 15) is 14.4 Å². The van der Waals surface area contributed by atoms with Crippen molar-refractivity contribution in [3.8, 4) is 0 Å². The van der Waals surface area contributed by atoms with Crippen LogP contribution in [0.1, 0.15) is 23.0 Å². The second kappa shape index (κ2) is 9.49. The van der Waals surface area contributed by atoms with Gasteiger partial charge in [0.05, 0.1) is 26.4 Å². The molecule has 2 amide bonds. The van der Waals surface area contributed by atoms with E-state index in [1.165, 1.54) is 0 Å². The van der Waals surface area contributed by atoms with Crippen molar-refractivity contribution in [1.29, 1.82) is 0 Å². The lowest BCUT2D eigenvalue weighted by atomic mass is 10.1.